The average Bonchev–Trinajstić information content (AvgIpc) is 2.39. The summed E-state index contributed by atoms with van der Waals surface area (Å²) in [5, 5.41) is 0. The number of hydrogen-bond donors (Lipinski definition) is 0. The van der Waals surface area contributed by atoms with Crippen LogP contribution in [0, 0.1) is 0 Å². The Labute approximate surface area is 101 Å². The Kier molecular flexibility index (Phi) is 3.33. The van der Waals surface area contributed by atoms with Crippen LogP contribution in [0.5, 0.6) is 0 Å². The van der Waals surface area contributed by atoms with Gasteiger partial charge in [-0.15, -0.1) is 0 Å². The Morgan fingerprint density at radius 2 is 1.76 bits per heavy atom. The lowest BCUT2D eigenvalue weighted by Gasteiger charge is -2.07. The first-order chi connectivity index (χ1) is 8.18. The van der Waals surface area contributed by atoms with E-state index in [1.165, 1.54) is 5.56 Å². The molecule has 0 fully saturated rings. The van der Waals surface area contributed by atoms with Gasteiger partial charge < -0.3 is 0 Å². The summed E-state index contributed by atoms with van der Waals surface area (Å²) < 4.78 is 0. The highest BCUT2D eigenvalue weighted by Gasteiger charge is 2.09. The highest BCUT2D eigenvalue weighted by molar-refractivity contribution is 6.08. The predicted molar refractivity (Wildman–Crippen MR) is 68.2 cm³/mol. The number of aromatic nitrogens is 1. The van der Waals surface area contributed by atoms with E-state index in [0.717, 1.165) is 5.56 Å². The average molecular weight is 225 g/mol. The number of hydrogen-bond acceptors (Lipinski definition) is 2. The molecule has 0 spiro atoms. The Morgan fingerprint density at radius 1 is 1.06 bits per heavy atom. The minimum atomic E-state index is 0.0508. The zero-order valence-corrected chi connectivity index (χ0v) is 10.1. The molecular weight excluding hydrogens is 210 g/mol. The van der Waals surface area contributed by atoms with Crippen molar-refractivity contribution >= 4 is 5.78 Å². The van der Waals surface area contributed by atoms with Crippen LogP contribution < -0.4 is 0 Å². The van der Waals surface area contributed by atoms with Gasteiger partial charge in [-0.05, 0) is 29.7 Å². The van der Waals surface area contributed by atoms with E-state index in [-0.39, 0.29) is 5.78 Å². The molecular formula is C15H15NO. The van der Waals surface area contributed by atoms with Crippen LogP contribution in [-0.4, -0.2) is 10.8 Å². The molecule has 0 radical (unpaired) electrons. The molecule has 2 rings (SSSR count). The molecule has 1 aromatic heterocycles. The van der Waals surface area contributed by atoms with Gasteiger partial charge in [-0.3, -0.25) is 9.78 Å². The number of carbonyl (C=O) groups is 1. The Bertz CT molecular complexity index is 517. The van der Waals surface area contributed by atoms with E-state index in [1.807, 2.05) is 24.3 Å². The number of ketones is 1. The fourth-order valence-electron chi connectivity index (χ4n) is 1.71. The van der Waals surface area contributed by atoms with Crippen molar-refractivity contribution < 1.29 is 4.79 Å². The topological polar surface area (TPSA) is 30.0 Å². The smallest absolute Gasteiger partial charge is 0.193 e. The van der Waals surface area contributed by atoms with Crippen molar-refractivity contribution in [3.05, 3.63) is 65.5 Å². The second kappa shape index (κ2) is 4.91. The van der Waals surface area contributed by atoms with Crippen LogP contribution in [0.2, 0.25) is 0 Å². The van der Waals surface area contributed by atoms with Gasteiger partial charge in [0, 0.05) is 23.5 Å². The quantitative estimate of drug-likeness (QED) is 0.749. The van der Waals surface area contributed by atoms with Gasteiger partial charge in [0.25, 0.3) is 0 Å². The normalized spacial score (nSPS) is 10.5. The van der Waals surface area contributed by atoms with Gasteiger partial charge in [0.1, 0.15) is 0 Å². The van der Waals surface area contributed by atoms with E-state index in [1.54, 1.807) is 24.5 Å². The molecule has 2 aromatic rings. The van der Waals surface area contributed by atoms with E-state index in [2.05, 4.69) is 18.8 Å². The maximum atomic E-state index is 12.2. The minimum Gasteiger partial charge on any atom is -0.289 e. The summed E-state index contributed by atoms with van der Waals surface area (Å²) in [7, 11) is 0. The summed E-state index contributed by atoms with van der Waals surface area (Å²) in [6, 6.07) is 11.3. The molecule has 0 bridgehead atoms. The molecule has 0 aliphatic heterocycles. The van der Waals surface area contributed by atoms with Crippen LogP contribution in [0.15, 0.2) is 48.8 Å². The summed E-state index contributed by atoms with van der Waals surface area (Å²) in [4.78, 5) is 16.1. The van der Waals surface area contributed by atoms with E-state index in [0.29, 0.717) is 11.5 Å². The number of pyridine rings is 1. The van der Waals surface area contributed by atoms with Crippen molar-refractivity contribution in [2.75, 3.05) is 0 Å². The lowest BCUT2D eigenvalue weighted by atomic mass is 9.97. The highest BCUT2D eigenvalue weighted by atomic mass is 16.1. The first-order valence-electron chi connectivity index (χ1n) is 5.73. The molecule has 0 unspecified atom stereocenters. The minimum absolute atomic E-state index is 0.0508. The van der Waals surface area contributed by atoms with Gasteiger partial charge in [-0.25, -0.2) is 0 Å². The zero-order chi connectivity index (χ0) is 12.3. The molecule has 0 atom stereocenters. The van der Waals surface area contributed by atoms with E-state index in [9.17, 15) is 4.79 Å². The molecule has 1 heterocycles. The molecule has 2 nitrogen and oxygen atoms in total. The van der Waals surface area contributed by atoms with Crippen LogP contribution >= 0.6 is 0 Å². The van der Waals surface area contributed by atoms with Crippen molar-refractivity contribution in [1.82, 2.24) is 4.98 Å². The summed E-state index contributed by atoms with van der Waals surface area (Å²) in [6.45, 7) is 4.24. The van der Waals surface area contributed by atoms with Crippen LogP contribution in [0.25, 0.3) is 0 Å². The zero-order valence-electron chi connectivity index (χ0n) is 10.1. The molecule has 0 amide bonds. The van der Waals surface area contributed by atoms with Gasteiger partial charge in [0.05, 0.1) is 0 Å². The standard InChI is InChI=1S/C15H15NO/c1-11(2)13-4-3-5-14(10-13)15(17)12-6-8-16-9-7-12/h3-11H,1-2H3. The lowest BCUT2D eigenvalue weighted by molar-refractivity contribution is 0.103. The number of nitrogens with zero attached hydrogens (tertiary/aromatic N) is 1. The Balaban J connectivity index is 2.35. The first-order valence-corrected chi connectivity index (χ1v) is 5.73. The molecule has 1 aromatic carbocycles. The summed E-state index contributed by atoms with van der Waals surface area (Å²) in [5.74, 6) is 0.482. The molecule has 0 N–H and O–H groups in total. The summed E-state index contributed by atoms with van der Waals surface area (Å²) in [6.07, 6.45) is 3.28. The van der Waals surface area contributed by atoms with Crippen molar-refractivity contribution in [1.29, 1.82) is 0 Å². The van der Waals surface area contributed by atoms with Gasteiger partial charge in [0.15, 0.2) is 5.78 Å². The van der Waals surface area contributed by atoms with Crippen molar-refractivity contribution in [3.8, 4) is 0 Å². The van der Waals surface area contributed by atoms with Crippen LogP contribution in [0.4, 0.5) is 0 Å². The van der Waals surface area contributed by atoms with Gasteiger partial charge in [-0.1, -0.05) is 32.0 Å². The molecule has 0 saturated carbocycles. The molecule has 17 heavy (non-hydrogen) atoms. The van der Waals surface area contributed by atoms with Crippen molar-refractivity contribution in [3.63, 3.8) is 0 Å². The van der Waals surface area contributed by atoms with Gasteiger partial charge >= 0.3 is 0 Å². The van der Waals surface area contributed by atoms with E-state index >= 15 is 0 Å². The second-order valence-corrected chi connectivity index (χ2v) is 4.35. The third kappa shape index (κ3) is 2.59. The fourth-order valence-corrected chi connectivity index (χ4v) is 1.71. The van der Waals surface area contributed by atoms with Crippen LogP contribution in [0.3, 0.4) is 0 Å². The summed E-state index contributed by atoms with van der Waals surface area (Å²) >= 11 is 0. The number of carbonyl (C=O) groups excluding carboxylic acids is 1. The number of rotatable bonds is 3. The van der Waals surface area contributed by atoms with Crippen LogP contribution in [-0.2, 0) is 0 Å². The fraction of sp³-hybridized carbons (Fsp3) is 0.200. The van der Waals surface area contributed by atoms with E-state index < -0.39 is 0 Å². The van der Waals surface area contributed by atoms with Crippen molar-refractivity contribution in [2.24, 2.45) is 0 Å². The largest absolute Gasteiger partial charge is 0.289 e. The van der Waals surface area contributed by atoms with Gasteiger partial charge in [-0.2, -0.15) is 0 Å². The molecule has 0 aliphatic rings. The SMILES string of the molecule is CC(C)c1cccc(C(=O)c2ccncc2)c1. The second-order valence-electron chi connectivity index (χ2n) is 4.35. The molecule has 86 valence electrons. The maximum absolute atomic E-state index is 12.2. The highest BCUT2D eigenvalue weighted by Crippen LogP contribution is 2.17. The number of benzene rings is 1. The molecule has 0 saturated heterocycles. The first kappa shape index (κ1) is 11.5. The predicted octanol–water partition coefficient (Wildman–Crippen LogP) is 3.44. The third-order valence-corrected chi connectivity index (χ3v) is 2.76. The third-order valence-electron chi connectivity index (χ3n) is 2.76. The Morgan fingerprint density at radius 3 is 2.41 bits per heavy atom. The summed E-state index contributed by atoms with van der Waals surface area (Å²) in [5.41, 5.74) is 2.60. The van der Waals surface area contributed by atoms with Crippen LogP contribution in [0.1, 0.15) is 41.3 Å². The lowest BCUT2D eigenvalue weighted by Crippen LogP contribution is -2.02. The molecule has 0 aliphatic carbocycles. The monoisotopic (exact) mass is 225 g/mol. The van der Waals surface area contributed by atoms with E-state index in [4.69, 9.17) is 0 Å². The van der Waals surface area contributed by atoms with Crippen molar-refractivity contribution in [2.45, 2.75) is 19.8 Å². The molecule has 2 heteroatoms. The Hall–Kier alpha value is -1.96. The van der Waals surface area contributed by atoms with Gasteiger partial charge in [0.2, 0.25) is 0 Å². The maximum Gasteiger partial charge on any atom is 0.193 e.